The van der Waals surface area contributed by atoms with Gasteiger partial charge in [-0.2, -0.15) is 0 Å². The van der Waals surface area contributed by atoms with E-state index in [9.17, 15) is 0 Å². The molecule has 0 radical (unpaired) electrons. The Balaban J connectivity index is 1.64. The molecule has 0 nitrogen and oxygen atoms in total. The summed E-state index contributed by atoms with van der Waals surface area (Å²) in [5.74, 6) is 2.53. The van der Waals surface area contributed by atoms with E-state index in [1.54, 1.807) is 5.56 Å². The van der Waals surface area contributed by atoms with Crippen molar-refractivity contribution in [3.63, 3.8) is 0 Å². The highest BCUT2D eigenvalue weighted by Gasteiger charge is 2.21. The molecule has 2 aromatic rings. The zero-order valence-electron chi connectivity index (χ0n) is 16.3. The Labute approximate surface area is 154 Å². The van der Waals surface area contributed by atoms with Crippen molar-refractivity contribution in [1.82, 2.24) is 0 Å². The number of benzene rings is 2. The van der Waals surface area contributed by atoms with Crippen molar-refractivity contribution < 1.29 is 0 Å². The first kappa shape index (κ1) is 18.2. The number of rotatable bonds is 6. The van der Waals surface area contributed by atoms with E-state index in [2.05, 4.69) is 69.3 Å². The normalized spacial score (nSPS) is 21.9. The lowest BCUT2D eigenvalue weighted by Gasteiger charge is -2.28. The van der Waals surface area contributed by atoms with Crippen LogP contribution in [0.3, 0.4) is 0 Å². The van der Waals surface area contributed by atoms with Crippen LogP contribution < -0.4 is 0 Å². The molecule has 0 spiro atoms. The van der Waals surface area contributed by atoms with Crippen molar-refractivity contribution in [1.29, 1.82) is 0 Å². The third-order valence-electron chi connectivity index (χ3n) is 6.37. The predicted octanol–water partition coefficient (Wildman–Crippen LogP) is 7.63. The Hall–Kier alpha value is -1.56. The van der Waals surface area contributed by atoms with Crippen molar-refractivity contribution in [3.05, 3.63) is 59.7 Å². The van der Waals surface area contributed by atoms with Gasteiger partial charge in [0.05, 0.1) is 0 Å². The summed E-state index contributed by atoms with van der Waals surface area (Å²) in [5, 5.41) is 0. The van der Waals surface area contributed by atoms with Gasteiger partial charge in [-0.05, 0) is 72.1 Å². The zero-order chi connectivity index (χ0) is 17.6. The minimum atomic E-state index is 0.771. The molecule has 25 heavy (non-hydrogen) atoms. The molecule has 0 saturated heterocycles. The zero-order valence-corrected chi connectivity index (χ0v) is 16.3. The summed E-state index contributed by atoms with van der Waals surface area (Å²) in [7, 11) is 0. The molecule has 0 heterocycles. The van der Waals surface area contributed by atoms with Crippen LogP contribution in [0, 0.1) is 11.8 Å². The van der Waals surface area contributed by atoms with Gasteiger partial charge in [-0.25, -0.2) is 0 Å². The molecule has 3 rings (SSSR count). The third-order valence-corrected chi connectivity index (χ3v) is 6.37. The molecule has 1 saturated carbocycles. The molecule has 1 aliphatic carbocycles. The minimum absolute atomic E-state index is 0.771. The molecule has 2 aromatic carbocycles. The highest BCUT2D eigenvalue weighted by atomic mass is 14.3. The monoisotopic (exact) mass is 334 g/mol. The predicted molar refractivity (Wildman–Crippen MR) is 110 cm³/mol. The van der Waals surface area contributed by atoms with Gasteiger partial charge in [0.15, 0.2) is 0 Å². The standard InChI is InChI=1S/C25H34/c1-4-19(3)18-21-8-12-23(13-9-21)25-16-14-24(15-17-25)22-10-6-20(5-2)7-11-22/h8-9,12-17,19-20,22H,4-7,10-11,18H2,1-3H3. The van der Waals surface area contributed by atoms with Crippen molar-refractivity contribution >= 4 is 0 Å². The fourth-order valence-corrected chi connectivity index (χ4v) is 4.23. The van der Waals surface area contributed by atoms with E-state index in [0.717, 1.165) is 17.8 Å². The van der Waals surface area contributed by atoms with E-state index < -0.39 is 0 Å². The molecule has 1 fully saturated rings. The van der Waals surface area contributed by atoms with E-state index in [0.29, 0.717) is 0 Å². The van der Waals surface area contributed by atoms with Gasteiger partial charge < -0.3 is 0 Å². The van der Waals surface area contributed by atoms with Gasteiger partial charge in [0.1, 0.15) is 0 Å². The van der Waals surface area contributed by atoms with Crippen LogP contribution in [0.5, 0.6) is 0 Å². The van der Waals surface area contributed by atoms with Gasteiger partial charge >= 0.3 is 0 Å². The minimum Gasteiger partial charge on any atom is -0.0651 e. The second-order valence-corrected chi connectivity index (χ2v) is 8.16. The Morgan fingerprint density at radius 3 is 1.88 bits per heavy atom. The van der Waals surface area contributed by atoms with Gasteiger partial charge in [-0.1, -0.05) is 82.1 Å². The van der Waals surface area contributed by atoms with Gasteiger partial charge in [0.2, 0.25) is 0 Å². The summed E-state index contributed by atoms with van der Waals surface area (Å²) >= 11 is 0. The molecule has 0 aliphatic heterocycles. The SMILES string of the molecule is CCC(C)Cc1ccc(-c2ccc(C3CCC(CC)CC3)cc2)cc1. The molecule has 0 aromatic heterocycles. The number of hydrogen-bond donors (Lipinski definition) is 0. The smallest absolute Gasteiger partial charge is 0.0162 e. The largest absolute Gasteiger partial charge is 0.0651 e. The Kier molecular flexibility index (Phi) is 6.34. The second-order valence-electron chi connectivity index (χ2n) is 8.16. The lowest BCUT2D eigenvalue weighted by atomic mass is 9.77. The van der Waals surface area contributed by atoms with Crippen LogP contribution in [0.2, 0.25) is 0 Å². The molecular formula is C25H34. The maximum absolute atomic E-state index is 2.37. The van der Waals surface area contributed by atoms with Crippen molar-refractivity contribution in [3.8, 4) is 11.1 Å². The molecule has 134 valence electrons. The summed E-state index contributed by atoms with van der Waals surface area (Å²) in [5.41, 5.74) is 5.70. The van der Waals surface area contributed by atoms with Crippen molar-refractivity contribution in [2.45, 2.75) is 71.6 Å². The fraction of sp³-hybridized carbons (Fsp3) is 0.520. The van der Waals surface area contributed by atoms with Crippen LogP contribution >= 0.6 is 0 Å². The van der Waals surface area contributed by atoms with Crippen LogP contribution in [0.25, 0.3) is 11.1 Å². The summed E-state index contributed by atoms with van der Waals surface area (Å²) in [6, 6.07) is 18.6. The van der Waals surface area contributed by atoms with Crippen molar-refractivity contribution in [2.24, 2.45) is 11.8 Å². The van der Waals surface area contributed by atoms with E-state index in [1.165, 1.54) is 61.6 Å². The first-order valence-electron chi connectivity index (χ1n) is 10.4. The van der Waals surface area contributed by atoms with Crippen LogP contribution in [0.1, 0.15) is 76.3 Å². The maximum Gasteiger partial charge on any atom is -0.0162 e. The quantitative estimate of drug-likeness (QED) is 0.509. The average molecular weight is 335 g/mol. The van der Waals surface area contributed by atoms with Crippen molar-refractivity contribution in [2.75, 3.05) is 0 Å². The first-order chi connectivity index (χ1) is 12.2. The average Bonchev–Trinajstić information content (AvgIpc) is 2.69. The highest BCUT2D eigenvalue weighted by Crippen LogP contribution is 2.37. The summed E-state index contributed by atoms with van der Waals surface area (Å²) in [6.07, 6.45) is 9.39. The van der Waals surface area contributed by atoms with E-state index in [-0.39, 0.29) is 0 Å². The molecule has 0 amide bonds. The Bertz CT molecular complexity index is 627. The summed E-state index contributed by atoms with van der Waals surface area (Å²) < 4.78 is 0. The van der Waals surface area contributed by atoms with Crippen LogP contribution in [-0.2, 0) is 6.42 Å². The molecule has 0 heteroatoms. The van der Waals surface area contributed by atoms with Gasteiger partial charge in [-0.3, -0.25) is 0 Å². The summed E-state index contributed by atoms with van der Waals surface area (Å²) in [6.45, 7) is 6.95. The fourth-order valence-electron chi connectivity index (χ4n) is 4.23. The number of hydrogen-bond acceptors (Lipinski definition) is 0. The lowest BCUT2D eigenvalue weighted by Crippen LogP contribution is -2.12. The van der Waals surface area contributed by atoms with E-state index in [4.69, 9.17) is 0 Å². The molecule has 0 bridgehead atoms. The topological polar surface area (TPSA) is 0 Å². The van der Waals surface area contributed by atoms with Gasteiger partial charge in [-0.15, -0.1) is 0 Å². The van der Waals surface area contributed by atoms with E-state index >= 15 is 0 Å². The van der Waals surface area contributed by atoms with Crippen LogP contribution in [-0.4, -0.2) is 0 Å². The Morgan fingerprint density at radius 1 is 0.800 bits per heavy atom. The van der Waals surface area contributed by atoms with Crippen LogP contribution in [0.15, 0.2) is 48.5 Å². The third kappa shape index (κ3) is 4.75. The maximum atomic E-state index is 2.37. The molecule has 1 atom stereocenters. The summed E-state index contributed by atoms with van der Waals surface area (Å²) in [4.78, 5) is 0. The van der Waals surface area contributed by atoms with Crippen LogP contribution in [0.4, 0.5) is 0 Å². The first-order valence-corrected chi connectivity index (χ1v) is 10.4. The second kappa shape index (κ2) is 8.70. The van der Waals surface area contributed by atoms with E-state index in [1.807, 2.05) is 0 Å². The van der Waals surface area contributed by atoms with Gasteiger partial charge in [0.25, 0.3) is 0 Å². The van der Waals surface area contributed by atoms with Gasteiger partial charge in [0, 0.05) is 0 Å². The molecule has 0 N–H and O–H groups in total. The Morgan fingerprint density at radius 2 is 1.36 bits per heavy atom. The molecule has 1 aliphatic rings. The lowest BCUT2D eigenvalue weighted by molar-refractivity contribution is 0.319. The molecular weight excluding hydrogens is 300 g/mol. The molecule has 1 unspecified atom stereocenters. The highest BCUT2D eigenvalue weighted by molar-refractivity contribution is 5.64.